The van der Waals surface area contributed by atoms with Crippen molar-refractivity contribution in [2.24, 2.45) is 0 Å². The summed E-state index contributed by atoms with van der Waals surface area (Å²) in [5.74, 6) is -5.35. The maximum Gasteiger partial charge on any atom is 0.473 e. The van der Waals surface area contributed by atoms with Crippen LogP contribution in [-0.4, -0.2) is 14.7 Å². The number of nitrogens with zero attached hydrogens (tertiary/aromatic N) is 3. The predicted octanol–water partition coefficient (Wildman–Crippen LogP) is 0.802. The van der Waals surface area contributed by atoms with Crippen molar-refractivity contribution < 1.29 is 18.2 Å². The molecule has 1 aromatic rings. The van der Waals surface area contributed by atoms with Crippen LogP contribution in [0.5, 0.6) is 0 Å². The zero-order valence-electron chi connectivity index (χ0n) is 4.79. The lowest BCUT2D eigenvalue weighted by Crippen LogP contribution is -1.96. The van der Waals surface area contributed by atoms with Gasteiger partial charge < -0.3 is 10.1 Å². The molecule has 0 bridgehead atoms. The Kier molecular flexibility index (Phi) is 1.51. The molecule has 1 heterocycles. The Hall–Kier alpha value is -1.60. The largest absolute Gasteiger partial charge is 0.473 e. The molecule has 0 radical (unpaired) electrons. The average Bonchev–Trinajstić information content (AvgIpc) is 2.17. The van der Waals surface area contributed by atoms with Gasteiger partial charge in [-0.1, -0.05) is 0 Å². The molecule has 0 N–H and O–H groups in total. The third-order valence-corrected chi connectivity index (χ3v) is 0.880. The molecule has 0 unspecified atom stereocenters. The van der Waals surface area contributed by atoms with Crippen molar-refractivity contribution in [3.8, 4) is 0 Å². The molecular weight excluding hydrogens is 167 g/mol. The van der Waals surface area contributed by atoms with Crippen molar-refractivity contribution >= 4 is 5.95 Å². The van der Waals surface area contributed by atoms with Gasteiger partial charge in [-0.05, 0) is 19.2 Å². The van der Waals surface area contributed by atoms with Gasteiger partial charge in [-0.25, -0.2) is 0 Å². The minimum Gasteiger partial charge on any atom is -0.390 e. The van der Waals surface area contributed by atoms with E-state index in [-0.39, 0.29) is 0 Å². The third-order valence-electron chi connectivity index (χ3n) is 0.880. The summed E-state index contributed by atoms with van der Waals surface area (Å²) in [4.78, 5) is 9.68. The molecule has 5 nitrogen and oxygen atoms in total. The van der Waals surface area contributed by atoms with E-state index in [1.165, 1.54) is 0 Å². The van der Waals surface area contributed by atoms with E-state index >= 15 is 0 Å². The zero-order valence-corrected chi connectivity index (χ0v) is 4.79. The van der Waals surface area contributed by atoms with Crippen LogP contribution >= 0.6 is 0 Å². The van der Waals surface area contributed by atoms with Gasteiger partial charge in [0.2, 0.25) is 0 Å². The van der Waals surface area contributed by atoms with Crippen molar-refractivity contribution in [1.82, 2.24) is 9.77 Å². The first kappa shape index (κ1) is 7.51. The van der Waals surface area contributed by atoms with Crippen LogP contribution in [0.4, 0.5) is 19.2 Å². The van der Waals surface area contributed by atoms with Gasteiger partial charge in [0.15, 0.2) is 0 Å². The van der Waals surface area contributed by atoms with E-state index in [9.17, 15) is 23.4 Å². The number of nitro groups is 1. The van der Waals surface area contributed by atoms with E-state index in [0.29, 0.717) is 0 Å². The number of imidazole rings is 1. The van der Waals surface area contributed by atoms with Gasteiger partial charge >= 0.3 is 17.8 Å². The van der Waals surface area contributed by atoms with E-state index in [1.54, 1.807) is 0 Å². The Morgan fingerprint density at radius 2 is 2.09 bits per heavy atom. The average molecular weight is 167 g/mol. The fourth-order valence-corrected chi connectivity index (χ4v) is 0.459. The van der Waals surface area contributed by atoms with Crippen molar-refractivity contribution in [1.29, 1.82) is 0 Å². The number of rotatable bonds is 1. The molecule has 1 rings (SSSR count). The Labute approximate surface area is 57.2 Å². The molecule has 1 aromatic heterocycles. The molecule has 0 atom stereocenters. The lowest BCUT2D eigenvalue weighted by atomic mass is 10.9. The summed E-state index contributed by atoms with van der Waals surface area (Å²) in [5, 5.41) is 9.74. The monoisotopic (exact) mass is 167 g/mol. The molecule has 0 fully saturated rings. The van der Waals surface area contributed by atoms with E-state index < -0.39 is 27.6 Å². The highest BCUT2D eigenvalue weighted by molar-refractivity contribution is 5.06. The van der Waals surface area contributed by atoms with Crippen LogP contribution in [0, 0.1) is 22.0 Å². The normalized spacial score (nSPS) is 10.1. The lowest BCUT2D eigenvalue weighted by Gasteiger charge is -1.86. The molecule has 11 heavy (non-hydrogen) atoms. The summed E-state index contributed by atoms with van der Waals surface area (Å²) in [6.07, 6.45) is 0. The standard InChI is InChI=1S/C3F3N3O2/c4-1-2(5)8(6)3(7-1)9(10)11. The molecule has 8 heteroatoms. The molecular formula is C3F3N3O2. The van der Waals surface area contributed by atoms with Gasteiger partial charge in [0, 0.05) is 0 Å². The molecule has 0 aliphatic rings. The van der Waals surface area contributed by atoms with E-state index in [4.69, 9.17) is 0 Å². The van der Waals surface area contributed by atoms with Gasteiger partial charge in [-0.3, -0.25) is 0 Å². The number of hydrogen-bond acceptors (Lipinski definition) is 3. The van der Waals surface area contributed by atoms with Crippen molar-refractivity contribution in [3.63, 3.8) is 0 Å². The molecule has 0 aliphatic carbocycles. The van der Waals surface area contributed by atoms with Crippen LogP contribution < -0.4 is 0 Å². The summed E-state index contributed by atoms with van der Waals surface area (Å²) in [6.45, 7) is 0. The fourth-order valence-electron chi connectivity index (χ4n) is 0.459. The Morgan fingerprint density at radius 3 is 2.27 bits per heavy atom. The molecule has 0 aromatic carbocycles. The van der Waals surface area contributed by atoms with Crippen molar-refractivity contribution in [3.05, 3.63) is 22.0 Å². The second-order valence-corrected chi connectivity index (χ2v) is 1.53. The van der Waals surface area contributed by atoms with Gasteiger partial charge in [0.05, 0.1) is 0 Å². The van der Waals surface area contributed by atoms with Gasteiger partial charge in [-0.2, -0.15) is 8.78 Å². The number of aromatic nitrogens is 2. The number of hydrogen-bond donors (Lipinski definition) is 0. The molecule has 0 amide bonds. The zero-order chi connectivity index (χ0) is 8.59. The SMILES string of the molecule is O=[N+]([O-])c1nc(F)c(F)n1F. The van der Waals surface area contributed by atoms with Crippen molar-refractivity contribution in [2.75, 3.05) is 0 Å². The summed E-state index contributed by atoms with van der Waals surface area (Å²) < 4.78 is 35.9. The molecule has 60 valence electrons. The summed E-state index contributed by atoms with van der Waals surface area (Å²) >= 11 is 0. The molecule has 0 saturated carbocycles. The first-order valence-electron chi connectivity index (χ1n) is 2.28. The van der Waals surface area contributed by atoms with Crippen LogP contribution in [0.25, 0.3) is 0 Å². The van der Waals surface area contributed by atoms with Crippen LogP contribution in [0.3, 0.4) is 0 Å². The lowest BCUT2D eigenvalue weighted by molar-refractivity contribution is -0.400. The van der Waals surface area contributed by atoms with E-state index in [1.807, 2.05) is 0 Å². The fraction of sp³-hybridized carbons (Fsp3) is 0. The smallest absolute Gasteiger partial charge is 0.390 e. The van der Waals surface area contributed by atoms with Gasteiger partial charge in [-0.15, -0.1) is 0 Å². The Bertz CT molecular complexity index is 309. The van der Waals surface area contributed by atoms with Gasteiger partial charge in [0.25, 0.3) is 0 Å². The Morgan fingerprint density at radius 1 is 1.55 bits per heavy atom. The summed E-state index contributed by atoms with van der Waals surface area (Å²) in [5.41, 5.74) is 0. The highest BCUT2D eigenvalue weighted by Crippen LogP contribution is 2.14. The number of halogens is 3. The highest BCUT2D eigenvalue weighted by Gasteiger charge is 2.28. The quantitative estimate of drug-likeness (QED) is 0.459. The molecule has 0 spiro atoms. The highest BCUT2D eigenvalue weighted by atomic mass is 19.2. The van der Waals surface area contributed by atoms with Crippen LogP contribution in [0.15, 0.2) is 0 Å². The predicted molar refractivity (Wildman–Crippen MR) is 25.3 cm³/mol. The second kappa shape index (κ2) is 2.22. The maximum atomic E-state index is 12.1. The summed E-state index contributed by atoms with van der Waals surface area (Å²) in [7, 11) is 0. The van der Waals surface area contributed by atoms with Crippen LogP contribution in [0.1, 0.15) is 0 Å². The third kappa shape index (κ3) is 1.02. The maximum absolute atomic E-state index is 12.1. The van der Waals surface area contributed by atoms with Crippen molar-refractivity contribution in [2.45, 2.75) is 0 Å². The topological polar surface area (TPSA) is 61.0 Å². The molecule has 0 aliphatic heterocycles. The second-order valence-electron chi connectivity index (χ2n) is 1.53. The van der Waals surface area contributed by atoms with E-state index in [2.05, 4.69) is 4.98 Å². The van der Waals surface area contributed by atoms with E-state index in [0.717, 1.165) is 0 Å². The minimum atomic E-state index is -2.00. The summed E-state index contributed by atoms with van der Waals surface area (Å²) in [6, 6.07) is 0. The minimum absolute atomic E-state index is 1.07. The first-order valence-corrected chi connectivity index (χ1v) is 2.28. The first-order chi connectivity index (χ1) is 5.04. The molecule has 0 saturated heterocycles. The Balaban J connectivity index is 3.29. The van der Waals surface area contributed by atoms with Gasteiger partial charge in [0.1, 0.15) is 0 Å². The van der Waals surface area contributed by atoms with Crippen LogP contribution in [-0.2, 0) is 0 Å². The van der Waals surface area contributed by atoms with Crippen LogP contribution in [0.2, 0.25) is 0 Å².